The van der Waals surface area contributed by atoms with E-state index in [2.05, 4.69) is 20.8 Å². The molecule has 238 valence electrons. The Balaban J connectivity index is 1.76. The third-order valence-corrected chi connectivity index (χ3v) is 6.19. The molecule has 0 saturated heterocycles. The first kappa shape index (κ1) is 32.3. The Hall–Kier alpha value is -6.65. The fourth-order valence-corrected chi connectivity index (χ4v) is 4.15. The summed E-state index contributed by atoms with van der Waals surface area (Å²) in [7, 11) is 0. The number of phenolic OH excluding ortho intramolecular Hbond substituents is 6. The lowest BCUT2D eigenvalue weighted by molar-refractivity contribution is -0.114. The van der Waals surface area contributed by atoms with E-state index in [4.69, 9.17) is 14.2 Å². The van der Waals surface area contributed by atoms with E-state index < -0.39 is 57.5 Å². The van der Waals surface area contributed by atoms with Gasteiger partial charge < -0.3 is 50.2 Å². The van der Waals surface area contributed by atoms with Crippen molar-refractivity contribution in [3.63, 3.8) is 0 Å². The highest BCUT2D eigenvalue weighted by atomic mass is 16.5. The highest BCUT2D eigenvalue weighted by Crippen LogP contribution is 2.44. The molecule has 0 aliphatic carbocycles. The predicted molar refractivity (Wildman–Crippen MR) is 159 cm³/mol. The topological polar surface area (TPSA) is 266 Å². The molecule has 7 N–H and O–H groups in total. The molecule has 0 aromatic heterocycles. The maximum absolute atomic E-state index is 11.9. The zero-order valence-electron chi connectivity index (χ0n) is 23.6. The molecule has 0 saturated carbocycles. The minimum absolute atomic E-state index is 0.0800. The van der Waals surface area contributed by atoms with Crippen molar-refractivity contribution in [2.45, 2.75) is 26.7 Å². The van der Waals surface area contributed by atoms with Crippen LogP contribution in [0.25, 0.3) is 0 Å². The fraction of sp³-hybridized carbons (Fsp3) is 0.138. The molecule has 0 radical (unpaired) electrons. The average Bonchev–Trinajstić information content (AvgIpc) is 3.01. The number of amides is 1. The highest BCUT2D eigenvalue weighted by molar-refractivity contribution is 5.89. The zero-order valence-corrected chi connectivity index (χ0v) is 23.6. The first-order valence-corrected chi connectivity index (χ1v) is 12.9. The van der Waals surface area contributed by atoms with Gasteiger partial charge in [0.1, 0.15) is 31.3 Å². The number of anilines is 1. The van der Waals surface area contributed by atoms with E-state index in [9.17, 15) is 50.2 Å². The van der Waals surface area contributed by atoms with Crippen molar-refractivity contribution in [2.75, 3.05) is 5.32 Å². The molecule has 4 aromatic rings. The van der Waals surface area contributed by atoms with Gasteiger partial charge in [0, 0.05) is 24.7 Å². The number of hydrogen-bond donors (Lipinski definition) is 7. The van der Waals surface area contributed by atoms with Gasteiger partial charge in [-0.2, -0.15) is 0 Å². The summed E-state index contributed by atoms with van der Waals surface area (Å²) in [5.74, 6) is -4.79. The monoisotopic (exact) mass is 636 g/mol. The molecule has 0 spiro atoms. The molecule has 0 aliphatic heterocycles. The summed E-state index contributed by atoms with van der Waals surface area (Å²) in [5.41, 5.74) is -0.805. The smallest absolute Gasteiger partial charge is 0.221 e. The summed E-state index contributed by atoms with van der Waals surface area (Å²) in [6.45, 7) is 0.168. The second kappa shape index (κ2) is 13.8. The SMILES string of the molecule is CC(=O)Nc1cc(OCc2cc(O)c(O)c(O)c2)c(OCc2cc(O)c(O)c(N=O)c2)c(OCc2cc(O)c(N=O)c(N=O)c2)c1. The van der Waals surface area contributed by atoms with Gasteiger partial charge in [0.05, 0.1) is 0 Å². The second-order valence-electron chi connectivity index (χ2n) is 9.57. The number of nitroso groups, excluding NO2 is 3. The van der Waals surface area contributed by atoms with Crippen molar-refractivity contribution in [1.29, 1.82) is 0 Å². The van der Waals surface area contributed by atoms with Crippen molar-refractivity contribution in [2.24, 2.45) is 15.5 Å². The molecule has 0 unspecified atom stereocenters. The standard InChI is InChI=1S/C29H24N4O13/c1-13(34)30-17-8-24(44-10-14-2-18(31-41)26(33-43)20(35)4-14)29(46-12-15-3-19(32-42)27(39)21(36)5-15)25(9-17)45-11-16-6-22(37)28(40)23(38)7-16/h2-9,35-40H,10-12H2,1H3,(H,30,34). The van der Waals surface area contributed by atoms with Gasteiger partial charge in [0.25, 0.3) is 0 Å². The van der Waals surface area contributed by atoms with Gasteiger partial charge in [0.2, 0.25) is 11.7 Å². The van der Waals surface area contributed by atoms with Gasteiger partial charge in [-0.3, -0.25) is 4.79 Å². The third kappa shape index (κ3) is 7.28. The first-order valence-electron chi connectivity index (χ1n) is 12.9. The maximum Gasteiger partial charge on any atom is 0.221 e. The number of nitrogens with one attached hydrogen (secondary N) is 1. The van der Waals surface area contributed by atoms with Crippen molar-refractivity contribution >= 4 is 28.7 Å². The molecule has 0 bridgehead atoms. The maximum atomic E-state index is 11.9. The molecule has 4 rings (SSSR count). The van der Waals surface area contributed by atoms with Crippen LogP contribution in [0.1, 0.15) is 23.6 Å². The van der Waals surface area contributed by atoms with E-state index in [1.54, 1.807) is 0 Å². The van der Waals surface area contributed by atoms with Crippen LogP contribution in [0.2, 0.25) is 0 Å². The number of phenols is 6. The average molecular weight is 637 g/mol. The predicted octanol–water partition coefficient (Wildman–Crippen LogP) is 5.81. The molecule has 4 aromatic carbocycles. The number of benzene rings is 4. The molecule has 0 heterocycles. The summed E-state index contributed by atoms with van der Waals surface area (Å²) >= 11 is 0. The quantitative estimate of drug-likeness (QED) is 0.0675. The fourth-order valence-electron chi connectivity index (χ4n) is 4.15. The second-order valence-corrected chi connectivity index (χ2v) is 9.57. The molecule has 46 heavy (non-hydrogen) atoms. The lowest BCUT2D eigenvalue weighted by Gasteiger charge is -2.19. The van der Waals surface area contributed by atoms with Crippen molar-refractivity contribution in [1.82, 2.24) is 0 Å². The van der Waals surface area contributed by atoms with Crippen LogP contribution in [0.5, 0.6) is 51.7 Å². The highest BCUT2D eigenvalue weighted by Gasteiger charge is 2.20. The Bertz CT molecular complexity index is 1820. The Morgan fingerprint density at radius 2 is 1.07 bits per heavy atom. The number of hydrogen-bond acceptors (Lipinski definition) is 16. The van der Waals surface area contributed by atoms with Gasteiger partial charge >= 0.3 is 0 Å². The molecular weight excluding hydrogens is 612 g/mol. The van der Waals surface area contributed by atoms with Crippen molar-refractivity contribution in [3.05, 3.63) is 79.9 Å². The minimum atomic E-state index is -0.742. The number of carbonyl (C=O) groups excluding carboxylic acids is 1. The Kier molecular flexibility index (Phi) is 9.65. The Morgan fingerprint density at radius 3 is 1.57 bits per heavy atom. The summed E-state index contributed by atoms with van der Waals surface area (Å²) < 4.78 is 17.7. The summed E-state index contributed by atoms with van der Waals surface area (Å²) in [5, 5.41) is 69.9. The van der Waals surface area contributed by atoms with E-state index in [1.165, 1.54) is 19.1 Å². The number of ether oxygens (including phenoxy) is 3. The van der Waals surface area contributed by atoms with E-state index >= 15 is 0 Å². The summed E-state index contributed by atoms with van der Waals surface area (Å²) in [6, 6.07) is 9.46. The van der Waals surface area contributed by atoms with Crippen LogP contribution in [0.15, 0.2) is 64.1 Å². The number of rotatable bonds is 13. The van der Waals surface area contributed by atoms with Crippen LogP contribution < -0.4 is 19.5 Å². The van der Waals surface area contributed by atoms with Gasteiger partial charge in [-0.05, 0) is 68.6 Å². The Labute approximate surface area is 257 Å². The summed E-state index contributed by atoms with van der Waals surface area (Å²) in [6.07, 6.45) is 0. The van der Waals surface area contributed by atoms with E-state index in [0.717, 1.165) is 36.4 Å². The van der Waals surface area contributed by atoms with E-state index in [-0.39, 0.29) is 59.4 Å². The molecule has 17 heteroatoms. The van der Waals surface area contributed by atoms with Crippen molar-refractivity contribution in [3.8, 4) is 51.7 Å². The van der Waals surface area contributed by atoms with E-state index in [0.29, 0.717) is 0 Å². The summed E-state index contributed by atoms with van der Waals surface area (Å²) in [4.78, 5) is 45.2. The van der Waals surface area contributed by atoms with E-state index in [1.807, 2.05) is 0 Å². The molecule has 0 fully saturated rings. The van der Waals surface area contributed by atoms with Gasteiger partial charge in [-0.25, -0.2) is 0 Å². The van der Waals surface area contributed by atoms with Crippen LogP contribution in [-0.4, -0.2) is 36.5 Å². The lowest BCUT2D eigenvalue weighted by Crippen LogP contribution is -2.09. The van der Waals surface area contributed by atoms with Crippen LogP contribution in [-0.2, 0) is 24.6 Å². The van der Waals surface area contributed by atoms with Crippen LogP contribution in [0.4, 0.5) is 22.7 Å². The number of aromatic hydroxyl groups is 6. The third-order valence-electron chi connectivity index (χ3n) is 6.19. The van der Waals surface area contributed by atoms with Crippen molar-refractivity contribution < 1.29 is 49.6 Å². The first-order chi connectivity index (χ1) is 21.9. The van der Waals surface area contributed by atoms with Gasteiger partial charge in [-0.15, -0.1) is 14.7 Å². The molecule has 17 nitrogen and oxygen atoms in total. The van der Waals surface area contributed by atoms with Gasteiger partial charge in [0.15, 0.2) is 51.6 Å². The largest absolute Gasteiger partial charge is 0.505 e. The number of nitrogens with zero attached hydrogens (tertiary/aromatic N) is 3. The normalized spacial score (nSPS) is 10.5. The molecule has 0 aliphatic rings. The van der Waals surface area contributed by atoms with Crippen LogP contribution >= 0.6 is 0 Å². The number of carbonyl (C=O) groups is 1. The molecular formula is C29H24N4O13. The zero-order chi connectivity index (χ0) is 33.5. The Morgan fingerprint density at radius 1 is 0.609 bits per heavy atom. The van der Waals surface area contributed by atoms with Gasteiger partial charge in [-0.1, -0.05) is 0 Å². The van der Waals surface area contributed by atoms with Crippen LogP contribution in [0, 0.1) is 14.7 Å². The lowest BCUT2D eigenvalue weighted by atomic mass is 10.1. The molecule has 1 amide bonds. The van der Waals surface area contributed by atoms with Crippen LogP contribution in [0.3, 0.4) is 0 Å². The molecule has 0 atom stereocenters. The minimum Gasteiger partial charge on any atom is -0.505 e.